The summed E-state index contributed by atoms with van der Waals surface area (Å²) in [5.74, 6) is 0.118. The first kappa shape index (κ1) is 13.4. The molecule has 106 valence electrons. The van der Waals surface area contributed by atoms with E-state index in [1.165, 1.54) is 10.4 Å². The van der Waals surface area contributed by atoms with E-state index in [0.717, 1.165) is 18.4 Å². The van der Waals surface area contributed by atoms with Crippen LogP contribution in [0.15, 0.2) is 40.9 Å². The molecule has 0 saturated carbocycles. The topological polar surface area (TPSA) is 54.5 Å². The number of hydrogen-bond donors (Lipinski definition) is 0. The van der Waals surface area contributed by atoms with Crippen LogP contribution in [0.3, 0.4) is 0 Å². The summed E-state index contributed by atoms with van der Waals surface area (Å²) < 4.78 is 26.9. The van der Waals surface area contributed by atoms with Crippen molar-refractivity contribution in [2.24, 2.45) is 5.92 Å². The molecule has 1 unspecified atom stereocenters. The van der Waals surface area contributed by atoms with Crippen LogP contribution in [0.2, 0.25) is 0 Å². The highest BCUT2D eigenvalue weighted by atomic mass is 32.2. The molecule has 0 amide bonds. The van der Waals surface area contributed by atoms with E-state index in [-0.39, 0.29) is 11.7 Å². The maximum absolute atomic E-state index is 12.7. The van der Waals surface area contributed by atoms with Gasteiger partial charge in [0, 0.05) is 30.7 Å². The molecule has 1 aromatic carbocycles. The molecule has 2 aliphatic rings. The molecule has 0 N–H and O–H groups in total. The molecule has 1 aromatic rings. The minimum absolute atomic E-state index is 0.0380. The van der Waals surface area contributed by atoms with E-state index in [2.05, 4.69) is 0 Å². The lowest BCUT2D eigenvalue weighted by Crippen LogP contribution is -2.36. The number of fused-ring (bicyclic) bond motifs is 1. The largest absolute Gasteiger partial charge is 0.295 e. The molecule has 0 bridgehead atoms. The lowest BCUT2D eigenvalue weighted by Gasteiger charge is -2.33. The van der Waals surface area contributed by atoms with Crippen molar-refractivity contribution in [1.29, 1.82) is 0 Å². The maximum atomic E-state index is 12.7. The number of piperidine rings is 1. The third-order valence-corrected chi connectivity index (χ3v) is 5.83. The number of aryl methyl sites for hydroxylation is 1. The fourth-order valence-corrected chi connectivity index (χ4v) is 4.50. The van der Waals surface area contributed by atoms with Crippen LogP contribution < -0.4 is 0 Å². The summed E-state index contributed by atoms with van der Waals surface area (Å²) in [5, 5.41) is 0. The van der Waals surface area contributed by atoms with Gasteiger partial charge in [-0.1, -0.05) is 17.7 Å². The Bertz CT molecular complexity index is 674. The van der Waals surface area contributed by atoms with Gasteiger partial charge in [-0.2, -0.15) is 0 Å². The summed E-state index contributed by atoms with van der Waals surface area (Å²) in [6, 6.07) is 6.85. The van der Waals surface area contributed by atoms with E-state index in [4.69, 9.17) is 0 Å². The van der Waals surface area contributed by atoms with E-state index in [9.17, 15) is 13.2 Å². The number of carbonyl (C=O) groups is 1. The quantitative estimate of drug-likeness (QED) is 0.840. The first-order valence-electron chi connectivity index (χ1n) is 6.82. The Kier molecular flexibility index (Phi) is 3.17. The number of carbonyl (C=O) groups excluding carboxylic acids is 1. The number of hydrogen-bond acceptors (Lipinski definition) is 3. The molecule has 1 fully saturated rings. The Hall–Kier alpha value is -1.62. The summed E-state index contributed by atoms with van der Waals surface area (Å²) in [6.07, 6.45) is 3.67. The Balaban J connectivity index is 2.00. The van der Waals surface area contributed by atoms with E-state index in [1.54, 1.807) is 24.3 Å². The van der Waals surface area contributed by atoms with Gasteiger partial charge in [-0.05, 0) is 31.9 Å². The van der Waals surface area contributed by atoms with Crippen molar-refractivity contribution < 1.29 is 13.2 Å². The minimum atomic E-state index is -3.54. The molecule has 5 heteroatoms. The zero-order chi connectivity index (χ0) is 14.3. The minimum Gasteiger partial charge on any atom is -0.295 e. The van der Waals surface area contributed by atoms with Gasteiger partial charge in [-0.25, -0.2) is 8.42 Å². The van der Waals surface area contributed by atoms with Gasteiger partial charge in [-0.15, -0.1) is 0 Å². The Morgan fingerprint density at radius 1 is 1.20 bits per heavy atom. The van der Waals surface area contributed by atoms with Gasteiger partial charge < -0.3 is 0 Å². The number of sulfonamides is 1. The highest BCUT2D eigenvalue weighted by molar-refractivity contribution is 7.89. The predicted octanol–water partition coefficient (Wildman–Crippen LogP) is 2.25. The molecular formula is C15H17NO3S. The van der Waals surface area contributed by atoms with E-state index in [1.807, 2.05) is 6.92 Å². The molecule has 4 nitrogen and oxygen atoms in total. The highest BCUT2D eigenvalue weighted by Gasteiger charge is 2.37. The first-order valence-corrected chi connectivity index (χ1v) is 8.26. The number of allylic oxidation sites excluding steroid dienone is 2. The summed E-state index contributed by atoms with van der Waals surface area (Å²) in [5.41, 5.74) is 1.71. The second-order valence-electron chi connectivity index (χ2n) is 5.47. The second-order valence-corrected chi connectivity index (χ2v) is 7.33. The summed E-state index contributed by atoms with van der Waals surface area (Å²) in [6.45, 7) is 2.39. The van der Waals surface area contributed by atoms with E-state index in [0.29, 0.717) is 23.6 Å². The van der Waals surface area contributed by atoms with Crippen LogP contribution in [0.4, 0.5) is 0 Å². The fourth-order valence-electron chi connectivity index (χ4n) is 2.92. The average Bonchev–Trinajstić information content (AvgIpc) is 2.78. The van der Waals surface area contributed by atoms with Crippen molar-refractivity contribution in [1.82, 2.24) is 4.31 Å². The van der Waals surface area contributed by atoms with Crippen LogP contribution >= 0.6 is 0 Å². The lowest BCUT2D eigenvalue weighted by atomic mass is 9.97. The normalized spacial score (nSPS) is 22.6. The van der Waals surface area contributed by atoms with Gasteiger partial charge in [-0.3, -0.25) is 9.10 Å². The number of benzene rings is 1. The van der Waals surface area contributed by atoms with Crippen molar-refractivity contribution in [2.45, 2.75) is 31.1 Å². The van der Waals surface area contributed by atoms with E-state index < -0.39 is 10.0 Å². The maximum Gasteiger partial charge on any atom is 0.264 e. The van der Waals surface area contributed by atoms with Crippen LogP contribution in [-0.2, 0) is 14.8 Å². The monoisotopic (exact) mass is 291 g/mol. The standard InChI is InChI=1S/C15H17NO3S/c1-11-4-6-14(7-5-11)20(18,19)16-8-2-3-12-9-13(17)10-15(12)16/h4-7,10,12H,2-3,8-9H2,1H3. The van der Waals surface area contributed by atoms with Gasteiger partial charge in [0.25, 0.3) is 10.0 Å². The van der Waals surface area contributed by atoms with Crippen molar-refractivity contribution in [3.63, 3.8) is 0 Å². The Morgan fingerprint density at radius 3 is 2.60 bits per heavy atom. The Labute approximate surface area is 119 Å². The number of ketones is 1. The highest BCUT2D eigenvalue weighted by Crippen LogP contribution is 2.37. The molecule has 0 radical (unpaired) electrons. The molecular weight excluding hydrogens is 274 g/mol. The fraction of sp³-hybridized carbons (Fsp3) is 0.400. The third-order valence-electron chi connectivity index (χ3n) is 3.99. The number of nitrogens with zero attached hydrogens (tertiary/aromatic N) is 1. The molecule has 1 heterocycles. The average molecular weight is 291 g/mol. The second kappa shape index (κ2) is 4.74. The zero-order valence-corrected chi connectivity index (χ0v) is 12.2. The van der Waals surface area contributed by atoms with Crippen LogP contribution in [0.1, 0.15) is 24.8 Å². The predicted molar refractivity (Wildman–Crippen MR) is 75.5 cm³/mol. The molecule has 1 aliphatic carbocycles. The van der Waals surface area contributed by atoms with Crippen LogP contribution in [0.25, 0.3) is 0 Å². The molecule has 3 rings (SSSR count). The third kappa shape index (κ3) is 2.16. The van der Waals surface area contributed by atoms with Crippen molar-refractivity contribution in [2.75, 3.05) is 6.54 Å². The van der Waals surface area contributed by atoms with Gasteiger partial charge in [0.15, 0.2) is 5.78 Å². The van der Waals surface area contributed by atoms with Gasteiger partial charge in [0.2, 0.25) is 0 Å². The smallest absolute Gasteiger partial charge is 0.264 e. The molecule has 1 atom stereocenters. The van der Waals surface area contributed by atoms with Gasteiger partial charge >= 0.3 is 0 Å². The van der Waals surface area contributed by atoms with Crippen LogP contribution in [0.5, 0.6) is 0 Å². The molecule has 0 spiro atoms. The summed E-state index contributed by atoms with van der Waals surface area (Å²) >= 11 is 0. The van der Waals surface area contributed by atoms with Crippen LogP contribution in [-0.4, -0.2) is 25.1 Å². The molecule has 1 saturated heterocycles. The summed E-state index contributed by atoms with van der Waals surface area (Å²) in [4.78, 5) is 11.9. The number of rotatable bonds is 2. The lowest BCUT2D eigenvalue weighted by molar-refractivity contribution is -0.114. The SMILES string of the molecule is Cc1ccc(S(=O)(=O)N2CCCC3CC(=O)C=C32)cc1. The van der Waals surface area contributed by atoms with Crippen LogP contribution in [0, 0.1) is 12.8 Å². The summed E-state index contributed by atoms with van der Waals surface area (Å²) in [7, 11) is -3.54. The van der Waals surface area contributed by atoms with Gasteiger partial charge in [0.1, 0.15) is 0 Å². The Morgan fingerprint density at radius 2 is 1.90 bits per heavy atom. The first-order chi connectivity index (χ1) is 9.48. The molecule has 1 aliphatic heterocycles. The molecule has 0 aromatic heterocycles. The van der Waals surface area contributed by atoms with Crippen molar-refractivity contribution >= 4 is 15.8 Å². The van der Waals surface area contributed by atoms with E-state index >= 15 is 0 Å². The van der Waals surface area contributed by atoms with Crippen molar-refractivity contribution in [3.8, 4) is 0 Å². The van der Waals surface area contributed by atoms with Gasteiger partial charge in [0.05, 0.1) is 4.90 Å². The zero-order valence-electron chi connectivity index (χ0n) is 11.4. The van der Waals surface area contributed by atoms with Crippen molar-refractivity contribution in [3.05, 3.63) is 41.6 Å². The molecule has 20 heavy (non-hydrogen) atoms.